The van der Waals surface area contributed by atoms with Crippen LogP contribution in [0.4, 0.5) is 0 Å². The first-order chi connectivity index (χ1) is 12.1. The molecule has 1 amide bonds. The van der Waals surface area contributed by atoms with Crippen LogP contribution in [0.15, 0.2) is 53.0 Å². The zero-order valence-electron chi connectivity index (χ0n) is 14.5. The number of halogens is 1. The monoisotopic (exact) mass is 403 g/mol. The first-order valence-corrected chi connectivity index (χ1v) is 9.45. The highest BCUT2D eigenvalue weighted by atomic mass is 79.9. The van der Waals surface area contributed by atoms with Crippen molar-refractivity contribution in [1.29, 1.82) is 0 Å². The second-order valence-corrected chi connectivity index (χ2v) is 7.41. The summed E-state index contributed by atoms with van der Waals surface area (Å²) >= 11 is 3.44. The molecule has 25 heavy (non-hydrogen) atoms. The maximum Gasteiger partial charge on any atom is 0.260 e. The standard InChI is InChI=1S/C20H23BrN2O2/c1-16-13-18(21)7-8-19(16)25-15-20(24)23-11-9-22(10-12-23)14-17-5-3-2-4-6-17/h2-8,13H,9-12,14-15H2,1H3/p+1. The summed E-state index contributed by atoms with van der Waals surface area (Å²) in [5.41, 5.74) is 2.38. The van der Waals surface area contributed by atoms with Crippen LogP contribution in [-0.2, 0) is 11.3 Å². The van der Waals surface area contributed by atoms with E-state index >= 15 is 0 Å². The van der Waals surface area contributed by atoms with Crippen LogP contribution in [0.3, 0.4) is 0 Å². The van der Waals surface area contributed by atoms with Gasteiger partial charge in [0.2, 0.25) is 0 Å². The number of amides is 1. The lowest BCUT2D eigenvalue weighted by molar-refractivity contribution is -0.917. The average Bonchev–Trinajstić information content (AvgIpc) is 2.62. The molecule has 0 saturated carbocycles. The van der Waals surface area contributed by atoms with Crippen LogP contribution < -0.4 is 9.64 Å². The molecule has 1 heterocycles. The zero-order valence-corrected chi connectivity index (χ0v) is 16.1. The number of rotatable bonds is 5. The molecule has 4 nitrogen and oxygen atoms in total. The molecule has 1 N–H and O–H groups in total. The third kappa shape index (κ3) is 5.06. The predicted octanol–water partition coefficient (Wildman–Crippen LogP) is 2.06. The number of carbonyl (C=O) groups is 1. The van der Waals surface area contributed by atoms with Gasteiger partial charge >= 0.3 is 0 Å². The number of carbonyl (C=O) groups excluding carboxylic acids is 1. The fourth-order valence-electron chi connectivity index (χ4n) is 3.14. The number of piperazine rings is 1. The lowest BCUT2D eigenvalue weighted by atomic mass is 10.2. The molecule has 0 aromatic heterocycles. The molecule has 132 valence electrons. The Morgan fingerprint density at radius 3 is 2.56 bits per heavy atom. The van der Waals surface area contributed by atoms with Gasteiger partial charge in [-0.05, 0) is 30.7 Å². The maximum atomic E-state index is 12.4. The number of nitrogens with zero attached hydrogens (tertiary/aromatic N) is 1. The molecule has 1 aliphatic heterocycles. The van der Waals surface area contributed by atoms with Gasteiger partial charge < -0.3 is 14.5 Å². The summed E-state index contributed by atoms with van der Waals surface area (Å²) in [6.45, 7) is 6.67. The highest BCUT2D eigenvalue weighted by molar-refractivity contribution is 9.10. The Bertz CT molecular complexity index is 713. The smallest absolute Gasteiger partial charge is 0.260 e. The maximum absolute atomic E-state index is 12.4. The summed E-state index contributed by atoms with van der Waals surface area (Å²) in [5, 5.41) is 0. The van der Waals surface area contributed by atoms with Crippen molar-refractivity contribution in [2.45, 2.75) is 13.5 Å². The number of hydrogen-bond acceptors (Lipinski definition) is 2. The van der Waals surface area contributed by atoms with Crippen LogP contribution in [0.2, 0.25) is 0 Å². The van der Waals surface area contributed by atoms with Gasteiger partial charge in [-0.15, -0.1) is 0 Å². The number of nitrogens with one attached hydrogen (secondary N) is 1. The van der Waals surface area contributed by atoms with Crippen molar-refractivity contribution in [3.8, 4) is 5.75 Å². The van der Waals surface area contributed by atoms with Crippen LogP contribution in [0.5, 0.6) is 5.75 Å². The van der Waals surface area contributed by atoms with E-state index < -0.39 is 0 Å². The average molecular weight is 404 g/mol. The Morgan fingerprint density at radius 1 is 1.16 bits per heavy atom. The SMILES string of the molecule is Cc1cc(Br)ccc1OCC(=O)N1CC[NH+](Cc2ccccc2)CC1. The largest absolute Gasteiger partial charge is 0.483 e. The molecule has 0 spiro atoms. The normalized spacial score (nSPS) is 15.2. The van der Waals surface area contributed by atoms with Crippen LogP contribution >= 0.6 is 15.9 Å². The fraction of sp³-hybridized carbons (Fsp3) is 0.350. The topological polar surface area (TPSA) is 34.0 Å². The number of hydrogen-bond donors (Lipinski definition) is 1. The third-order valence-corrected chi connectivity index (χ3v) is 5.10. The minimum absolute atomic E-state index is 0.0704. The predicted molar refractivity (Wildman–Crippen MR) is 102 cm³/mol. The summed E-state index contributed by atoms with van der Waals surface area (Å²) < 4.78 is 6.73. The second kappa shape index (κ2) is 8.50. The molecule has 1 aliphatic rings. The lowest BCUT2D eigenvalue weighted by Gasteiger charge is -2.32. The summed E-state index contributed by atoms with van der Waals surface area (Å²) in [5.74, 6) is 0.839. The van der Waals surface area contributed by atoms with E-state index in [1.54, 1.807) is 0 Å². The van der Waals surface area contributed by atoms with Crippen molar-refractivity contribution in [1.82, 2.24) is 4.90 Å². The second-order valence-electron chi connectivity index (χ2n) is 6.49. The molecule has 3 rings (SSSR count). The van der Waals surface area contributed by atoms with Crippen molar-refractivity contribution < 1.29 is 14.4 Å². The molecule has 2 aromatic carbocycles. The van der Waals surface area contributed by atoms with Gasteiger partial charge in [-0.3, -0.25) is 4.79 Å². The Balaban J connectivity index is 1.45. The van der Waals surface area contributed by atoms with E-state index in [0.717, 1.165) is 48.5 Å². The first kappa shape index (κ1) is 18.0. The number of aryl methyl sites for hydroxylation is 1. The van der Waals surface area contributed by atoms with E-state index in [1.165, 1.54) is 10.5 Å². The van der Waals surface area contributed by atoms with E-state index in [2.05, 4.69) is 40.2 Å². The van der Waals surface area contributed by atoms with Crippen molar-refractivity contribution >= 4 is 21.8 Å². The quantitative estimate of drug-likeness (QED) is 0.828. The summed E-state index contributed by atoms with van der Waals surface area (Å²) in [4.78, 5) is 15.8. The minimum atomic E-state index is 0.0704. The molecule has 0 bridgehead atoms. The Hall–Kier alpha value is -1.85. The summed E-state index contributed by atoms with van der Waals surface area (Å²) in [7, 11) is 0. The van der Waals surface area contributed by atoms with Crippen molar-refractivity contribution in [3.63, 3.8) is 0 Å². The van der Waals surface area contributed by atoms with Gasteiger partial charge in [0.25, 0.3) is 5.91 Å². The molecule has 0 aliphatic carbocycles. The lowest BCUT2D eigenvalue weighted by Crippen LogP contribution is -3.13. The van der Waals surface area contributed by atoms with E-state index in [-0.39, 0.29) is 12.5 Å². The molecule has 0 atom stereocenters. The van der Waals surface area contributed by atoms with E-state index in [0.29, 0.717) is 0 Å². The molecular weight excluding hydrogens is 380 g/mol. The summed E-state index contributed by atoms with van der Waals surface area (Å²) in [6.07, 6.45) is 0. The first-order valence-electron chi connectivity index (χ1n) is 8.66. The fourth-order valence-corrected chi connectivity index (χ4v) is 3.61. The molecule has 2 aromatic rings. The zero-order chi connectivity index (χ0) is 17.6. The van der Waals surface area contributed by atoms with E-state index in [9.17, 15) is 4.79 Å². The van der Waals surface area contributed by atoms with Crippen LogP contribution in [0, 0.1) is 6.92 Å². The van der Waals surface area contributed by atoms with Gasteiger partial charge in [0.05, 0.1) is 26.2 Å². The van der Waals surface area contributed by atoms with Gasteiger partial charge in [0, 0.05) is 10.0 Å². The number of benzene rings is 2. The molecule has 5 heteroatoms. The number of quaternary nitrogens is 1. The third-order valence-electron chi connectivity index (χ3n) is 4.61. The van der Waals surface area contributed by atoms with Crippen LogP contribution in [-0.4, -0.2) is 43.6 Å². The molecule has 0 radical (unpaired) electrons. The highest BCUT2D eigenvalue weighted by Crippen LogP contribution is 2.22. The van der Waals surface area contributed by atoms with Crippen LogP contribution in [0.25, 0.3) is 0 Å². The van der Waals surface area contributed by atoms with Gasteiger partial charge in [0.1, 0.15) is 12.3 Å². The summed E-state index contributed by atoms with van der Waals surface area (Å²) in [6, 6.07) is 16.4. The van der Waals surface area contributed by atoms with Crippen LogP contribution in [0.1, 0.15) is 11.1 Å². The molecule has 1 fully saturated rings. The molecular formula is C20H24BrN2O2+. The molecule has 1 saturated heterocycles. The van der Waals surface area contributed by atoms with Crippen molar-refractivity contribution in [2.75, 3.05) is 32.8 Å². The number of ether oxygens (including phenoxy) is 1. The van der Waals surface area contributed by atoms with E-state index in [1.807, 2.05) is 36.1 Å². The molecule has 0 unspecified atom stereocenters. The van der Waals surface area contributed by atoms with Gasteiger partial charge in [0.15, 0.2) is 6.61 Å². The Morgan fingerprint density at radius 2 is 1.88 bits per heavy atom. The highest BCUT2D eigenvalue weighted by Gasteiger charge is 2.24. The van der Waals surface area contributed by atoms with E-state index in [4.69, 9.17) is 4.74 Å². The minimum Gasteiger partial charge on any atom is -0.483 e. The van der Waals surface area contributed by atoms with Gasteiger partial charge in [-0.1, -0.05) is 46.3 Å². The Kier molecular flexibility index (Phi) is 6.10. The van der Waals surface area contributed by atoms with Gasteiger partial charge in [-0.25, -0.2) is 0 Å². The van der Waals surface area contributed by atoms with Crippen molar-refractivity contribution in [2.24, 2.45) is 0 Å². The Labute approximate surface area is 157 Å². The van der Waals surface area contributed by atoms with Crippen molar-refractivity contribution in [3.05, 3.63) is 64.1 Å². The van der Waals surface area contributed by atoms with Gasteiger partial charge in [-0.2, -0.15) is 0 Å².